The van der Waals surface area contributed by atoms with Gasteiger partial charge < -0.3 is 9.64 Å². The molecule has 2 aromatic heterocycles. The molecule has 0 unspecified atom stereocenters. The Balaban J connectivity index is 1.72. The summed E-state index contributed by atoms with van der Waals surface area (Å²) in [4.78, 5) is 27.0. The van der Waals surface area contributed by atoms with Crippen LogP contribution in [0, 0.1) is 5.92 Å². The Morgan fingerprint density at radius 2 is 2.29 bits per heavy atom. The van der Waals surface area contributed by atoms with E-state index >= 15 is 0 Å². The van der Waals surface area contributed by atoms with E-state index in [1.165, 1.54) is 11.3 Å². The quantitative estimate of drug-likeness (QED) is 0.814. The number of fused-ring (bicyclic) bond motifs is 1. The molecule has 1 amide bonds. The first kappa shape index (κ1) is 14.5. The second-order valence-corrected chi connectivity index (χ2v) is 7.13. The minimum atomic E-state index is -0.179. The number of thiophene rings is 2. The summed E-state index contributed by atoms with van der Waals surface area (Å²) in [6.07, 6.45) is 1.66. The Hall–Kier alpha value is -1.40. The van der Waals surface area contributed by atoms with Crippen LogP contribution in [-0.2, 0) is 9.53 Å². The van der Waals surface area contributed by atoms with Gasteiger partial charge in [-0.3, -0.25) is 9.59 Å². The van der Waals surface area contributed by atoms with E-state index in [9.17, 15) is 9.59 Å². The van der Waals surface area contributed by atoms with E-state index < -0.39 is 0 Å². The third kappa shape index (κ3) is 2.96. The zero-order valence-corrected chi connectivity index (χ0v) is 13.5. The number of rotatable bonds is 3. The summed E-state index contributed by atoms with van der Waals surface area (Å²) < 4.78 is 7.39. The lowest BCUT2D eigenvalue weighted by Gasteiger charge is -2.31. The molecule has 1 aliphatic rings. The van der Waals surface area contributed by atoms with Crippen LogP contribution in [0.1, 0.15) is 29.4 Å². The first-order chi connectivity index (χ1) is 10.2. The van der Waals surface area contributed by atoms with Gasteiger partial charge in [0.25, 0.3) is 5.91 Å². The molecule has 0 spiro atoms. The fourth-order valence-electron chi connectivity index (χ4n) is 2.64. The number of ether oxygens (including phenoxy) is 1. The van der Waals surface area contributed by atoms with Gasteiger partial charge in [0.2, 0.25) is 0 Å². The van der Waals surface area contributed by atoms with Crippen LogP contribution in [0.2, 0.25) is 0 Å². The van der Waals surface area contributed by atoms with Gasteiger partial charge in [0.1, 0.15) is 0 Å². The van der Waals surface area contributed by atoms with Crippen LogP contribution in [0.3, 0.4) is 0 Å². The van der Waals surface area contributed by atoms with Crippen LogP contribution < -0.4 is 0 Å². The van der Waals surface area contributed by atoms with E-state index in [1.807, 2.05) is 24.4 Å². The smallest absolute Gasteiger partial charge is 0.310 e. The summed E-state index contributed by atoms with van der Waals surface area (Å²) in [6.45, 7) is 3.40. The Morgan fingerprint density at radius 3 is 3.05 bits per heavy atom. The van der Waals surface area contributed by atoms with Crippen molar-refractivity contribution < 1.29 is 14.3 Å². The standard InChI is InChI=1S/C15H17NO3S2/c1-2-19-15(18)10-4-3-6-16(9-10)14(17)13-8-12-11(21-13)5-7-20-12/h5,7-8,10H,2-4,6,9H2,1H3/t10-/m1/s1. The number of carbonyl (C=O) groups excluding carboxylic acids is 2. The molecule has 1 fully saturated rings. The first-order valence-corrected chi connectivity index (χ1v) is 8.81. The average Bonchev–Trinajstić information content (AvgIpc) is 3.08. The number of hydrogen-bond acceptors (Lipinski definition) is 5. The summed E-state index contributed by atoms with van der Waals surface area (Å²) in [6, 6.07) is 4.00. The first-order valence-electron chi connectivity index (χ1n) is 7.12. The Labute approximate surface area is 131 Å². The monoisotopic (exact) mass is 323 g/mol. The molecule has 1 atom stereocenters. The van der Waals surface area contributed by atoms with Crippen LogP contribution in [0.5, 0.6) is 0 Å². The van der Waals surface area contributed by atoms with Gasteiger partial charge in [-0.1, -0.05) is 0 Å². The highest BCUT2D eigenvalue weighted by Crippen LogP contribution is 2.31. The normalized spacial score (nSPS) is 18.9. The predicted octanol–water partition coefficient (Wildman–Crippen LogP) is 3.38. The third-order valence-corrected chi connectivity index (χ3v) is 5.76. The lowest BCUT2D eigenvalue weighted by Crippen LogP contribution is -2.42. The molecule has 112 valence electrons. The molecule has 4 nitrogen and oxygen atoms in total. The summed E-state index contributed by atoms with van der Waals surface area (Å²) in [5.41, 5.74) is 0. The molecule has 0 saturated carbocycles. The predicted molar refractivity (Wildman–Crippen MR) is 85.0 cm³/mol. The van der Waals surface area contributed by atoms with Crippen molar-refractivity contribution in [3.05, 3.63) is 22.4 Å². The molecule has 3 rings (SSSR count). The molecule has 0 N–H and O–H groups in total. The molecule has 6 heteroatoms. The van der Waals surface area contributed by atoms with Crippen molar-refractivity contribution in [2.75, 3.05) is 19.7 Å². The summed E-state index contributed by atoms with van der Waals surface area (Å²) in [7, 11) is 0. The lowest BCUT2D eigenvalue weighted by molar-refractivity contribution is -0.149. The lowest BCUT2D eigenvalue weighted by atomic mass is 9.98. The fraction of sp³-hybridized carbons (Fsp3) is 0.467. The van der Waals surface area contributed by atoms with Crippen molar-refractivity contribution in [2.45, 2.75) is 19.8 Å². The second-order valence-electron chi connectivity index (χ2n) is 5.10. The molecule has 2 aromatic rings. The van der Waals surface area contributed by atoms with E-state index in [0.717, 1.165) is 33.7 Å². The van der Waals surface area contributed by atoms with Crippen LogP contribution in [-0.4, -0.2) is 36.5 Å². The Bertz CT molecular complexity index is 632. The highest BCUT2D eigenvalue weighted by atomic mass is 32.1. The molecule has 0 bridgehead atoms. The summed E-state index contributed by atoms with van der Waals surface area (Å²) in [5, 5.41) is 2.03. The Kier molecular flexibility index (Phi) is 4.26. The van der Waals surface area contributed by atoms with E-state index in [1.54, 1.807) is 16.2 Å². The van der Waals surface area contributed by atoms with E-state index in [0.29, 0.717) is 13.2 Å². The van der Waals surface area contributed by atoms with Crippen LogP contribution in [0.25, 0.3) is 9.40 Å². The van der Waals surface area contributed by atoms with Gasteiger partial charge in [0.05, 0.1) is 17.4 Å². The number of carbonyl (C=O) groups is 2. The highest BCUT2D eigenvalue weighted by molar-refractivity contribution is 7.27. The molecular weight excluding hydrogens is 306 g/mol. The van der Waals surface area contributed by atoms with Crippen molar-refractivity contribution in [3.63, 3.8) is 0 Å². The van der Waals surface area contributed by atoms with Gasteiger partial charge in [0.15, 0.2) is 0 Å². The maximum atomic E-state index is 12.6. The van der Waals surface area contributed by atoms with Gasteiger partial charge in [-0.15, -0.1) is 22.7 Å². The summed E-state index contributed by atoms with van der Waals surface area (Å²) in [5.74, 6) is -0.316. The minimum Gasteiger partial charge on any atom is -0.466 e. The summed E-state index contributed by atoms with van der Waals surface area (Å²) >= 11 is 3.18. The molecule has 1 aliphatic heterocycles. The molecule has 1 saturated heterocycles. The molecule has 21 heavy (non-hydrogen) atoms. The van der Waals surface area contributed by atoms with Crippen molar-refractivity contribution in [3.8, 4) is 0 Å². The minimum absolute atomic E-state index is 0.0393. The maximum Gasteiger partial charge on any atom is 0.310 e. The SMILES string of the molecule is CCOC(=O)[C@@H]1CCCN(C(=O)c2cc3sccc3s2)C1. The zero-order valence-electron chi connectivity index (χ0n) is 11.8. The zero-order chi connectivity index (χ0) is 14.8. The van der Waals surface area contributed by atoms with Crippen molar-refractivity contribution in [1.29, 1.82) is 0 Å². The van der Waals surface area contributed by atoms with Gasteiger partial charge >= 0.3 is 5.97 Å². The highest BCUT2D eigenvalue weighted by Gasteiger charge is 2.30. The van der Waals surface area contributed by atoms with Crippen LogP contribution in [0.4, 0.5) is 0 Å². The van der Waals surface area contributed by atoms with E-state index in [-0.39, 0.29) is 17.8 Å². The van der Waals surface area contributed by atoms with Crippen molar-refractivity contribution >= 4 is 43.9 Å². The Morgan fingerprint density at radius 1 is 1.43 bits per heavy atom. The van der Waals surface area contributed by atoms with Crippen LogP contribution >= 0.6 is 22.7 Å². The molecule has 0 radical (unpaired) electrons. The van der Waals surface area contributed by atoms with Crippen LogP contribution in [0.15, 0.2) is 17.5 Å². The fourth-order valence-corrected chi connectivity index (χ4v) is 4.72. The van der Waals surface area contributed by atoms with Crippen molar-refractivity contribution in [1.82, 2.24) is 4.90 Å². The number of likely N-dealkylation sites (tertiary alicyclic amines) is 1. The molecular formula is C15H17NO3S2. The second kappa shape index (κ2) is 6.15. The number of esters is 1. The van der Waals surface area contributed by atoms with Gasteiger partial charge in [-0.25, -0.2) is 0 Å². The maximum absolute atomic E-state index is 12.6. The van der Waals surface area contributed by atoms with E-state index in [2.05, 4.69) is 0 Å². The molecule has 3 heterocycles. The number of nitrogens with zero attached hydrogens (tertiary/aromatic N) is 1. The number of piperidine rings is 1. The van der Waals surface area contributed by atoms with Gasteiger partial charge in [-0.05, 0) is 37.3 Å². The third-order valence-electron chi connectivity index (χ3n) is 3.68. The largest absolute Gasteiger partial charge is 0.466 e. The van der Waals surface area contributed by atoms with Crippen molar-refractivity contribution in [2.24, 2.45) is 5.92 Å². The molecule has 0 aliphatic carbocycles. The molecule has 0 aromatic carbocycles. The number of hydrogen-bond donors (Lipinski definition) is 0. The van der Waals surface area contributed by atoms with E-state index in [4.69, 9.17) is 4.74 Å². The topological polar surface area (TPSA) is 46.6 Å². The van der Waals surface area contributed by atoms with Gasteiger partial charge in [-0.2, -0.15) is 0 Å². The average molecular weight is 323 g/mol. The number of amides is 1. The van der Waals surface area contributed by atoms with Gasteiger partial charge in [0, 0.05) is 22.5 Å².